The van der Waals surface area contributed by atoms with E-state index in [-0.39, 0.29) is 21.5 Å². The molecular weight excluding hydrogens is 594 g/mol. The molecule has 0 amide bonds. The third kappa shape index (κ3) is 11.3. The molecule has 0 atom stereocenters. The third-order valence-electron chi connectivity index (χ3n) is 8.16. The van der Waals surface area contributed by atoms with Crippen molar-refractivity contribution in [2.24, 2.45) is 0 Å². The molecular formula is C33H48ClNOPRu. The zero-order valence-electron chi connectivity index (χ0n) is 23.3. The van der Waals surface area contributed by atoms with Crippen LogP contribution in [0.3, 0.4) is 0 Å². The average molecular weight is 642 g/mol. The van der Waals surface area contributed by atoms with Crippen molar-refractivity contribution in [2.45, 2.75) is 113 Å². The normalized spacial score (nSPS) is 22.4. The van der Waals surface area contributed by atoms with Gasteiger partial charge in [-0.05, 0) is 67.7 Å². The Morgan fingerprint density at radius 3 is 1.66 bits per heavy atom. The summed E-state index contributed by atoms with van der Waals surface area (Å²) in [6.45, 7) is 0. The number of ketones is 1. The van der Waals surface area contributed by atoms with Crippen molar-refractivity contribution in [3.63, 3.8) is 0 Å². The Hall–Kier alpha value is -0.877. The quantitative estimate of drug-likeness (QED) is 0.197. The summed E-state index contributed by atoms with van der Waals surface area (Å²) in [5.74, 6) is 0.0526. The molecule has 1 N–H and O–H groups in total. The van der Waals surface area contributed by atoms with E-state index in [1.54, 1.807) is 109 Å². The van der Waals surface area contributed by atoms with Gasteiger partial charge in [-0.2, -0.15) is 0 Å². The van der Waals surface area contributed by atoms with Crippen LogP contribution in [0.2, 0.25) is 0 Å². The Bertz CT molecular complexity index is 867. The van der Waals surface area contributed by atoms with Gasteiger partial charge in [0.15, 0.2) is 5.78 Å². The number of halogens is 1. The molecule has 4 aliphatic carbocycles. The molecule has 0 bridgehead atoms. The van der Waals surface area contributed by atoms with Gasteiger partial charge in [0.2, 0.25) is 0 Å². The molecule has 0 aliphatic heterocycles. The molecule has 1 aromatic rings. The number of hydrogen-bond acceptors (Lipinski definition) is 2. The molecule has 0 spiro atoms. The van der Waals surface area contributed by atoms with E-state index in [4.69, 9.17) is 9.69 Å². The van der Waals surface area contributed by atoms with Gasteiger partial charge in [-0.3, -0.25) is 4.79 Å². The number of benzene rings is 1. The van der Waals surface area contributed by atoms with E-state index in [9.17, 15) is 4.79 Å². The van der Waals surface area contributed by atoms with Crippen LogP contribution in [0.15, 0.2) is 66.4 Å². The summed E-state index contributed by atoms with van der Waals surface area (Å²) < 4.78 is 2.06. The van der Waals surface area contributed by atoms with Crippen molar-refractivity contribution >= 4 is 28.0 Å². The summed E-state index contributed by atoms with van der Waals surface area (Å²) >= 11 is -0.0765. The van der Waals surface area contributed by atoms with Crippen molar-refractivity contribution in [3.05, 3.63) is 72.0 Å². The number of rotatable bonds is 5. The van der Waals surface area contributed by atoms with Crippen LogP contribution >= 0.6 is 17.6 Å². The molecule has 0 saturated heterocycles. The monoisotopic (exact) mass is 642 g/mol. The Labute approximate surface area is 245 Å². The summed E-state index contributed by atoms with van der Waals surface area (Å²) in [7, 11) is 7.73. The van der Waals surface area contributed by atoms with Crippen LogP contribution in [-0.2, 0) is 20.5 Å². The third-order valence-corrected chi connectivity index (χ3v) is 13.5. The van der Waals surface area contributed by atoms with E-state index in [0.29, 0.717) is 13.5 Å². The fourth-order valence-corrected chi connectivity index (χ4v) is 12.1. The second kappa shape index (κ2) is 19.2. The Kier molecular flexibility index (Phi) is 16.0. The van der Waals surface area contributed by atoms with Crippen LogP contribution in [0.1, 0.15) is 102 Å². The van der Waals surface area contributed by atoms with Crippen molar-refractivity contribution in [2.75, 3.05) is 7.05 Å². The first-order valence-electron chi connectivity index (χ1n) is 14.9. The fourth-order valence-electron chi connectivity index (χ4n) is 6.35. The van der Waals surface area contributed by atoms with Gasteiger partial charge in [0, 0.05) is 18.8 Å². The number of hydrogen-bond donors (Lipinski definition) is 1. The Balaban J connectivity index is 0.000000177. The van der Waals surface area contributed by atoms with E-state index in [0.717, 1.165) is 0 Å². The van der Waals surface area contributed by atoms with Gasteiger partial charge in [0.1, 0.15) is 0 Å². The Morgan fingerprint density at radius 1 is 0.763 bits per heavy atom. The van der Waals surface area contributed by atoms with E-state index >= 15 is 0 Å². The van der Waals surface area contributed by atoms with Crippen LogP contribution in [-0.4, -0.2) is 34.4 Å². The summed E-state index contributed by atoms with van der Waals surface area (Å²) in [5.41, 5.74) is 5.50. The molecule has 5 rings (SSSR count). The maximum absolute atomic E-state index is 10.9. The molecule has 1 aromatic carbocycles. The van der Waals surface area contributed by atoms with E-state index < -0.39 is 0 Å². The molecule has 5 heteroatoms. The first-order chi connectivity index (χ1) is 18.7. The summed E-state index contributed by atoms with van der Waals surface area (Å²) in [6, 6.07) is 10.1. The van der Waals surface area contributed by atoms with E-state index in [1.165, 1.54) is 41.8 Å². The van der Waals surface area contributed by atoms with Crippen molar-refractivity contribution < 1.29 is 20.5 Å². The minimum absolute atomic E-state index is 0.0526. The standard InChI is InChI=1S/C18H33P.C8H9NO.C7H6.ClH.Ru/c1-4-10-16(11-5-1)19(17-12-6-2-7-13-17)18-14-8-3-9-15-18;1-9-6-7-4-2-3-5-8(7)10;1-7-5-3-2-4-6-7;;/h16-18H,1-15H2;2-6,9H,1H3;1-6H;1H;/q;;;;+1/p-1/b;7-6+;;;. The molecule has 3 fully saturated rings. The molecule has 0 radical (unpaired) electrons. The molecule has 3 saturated carbocycles. The van der Waals surface area contributed by atoms with Crippen molar-refractivity contribution in [1.82, 2.24) is 5.32 Å². The molecule has 2 nitrogen and oxygen atoms in total. The summed E-state index contributed by atoms with van der Waals surface area (Å²) in [6.07, 6.45) is 32.2. The van der Waals surface area contributed by atoms with E-state index in [1.807, 2.05) is 24.3 Å². The topological polar surface area (TPSA) is 29.1 Å². The number of allylic oxidation sites excluding steroid dienone is 5. The van der Waals surface area contributed by atoms with Gasteiger partial charge in [-0.1, -0.05) is 77.9 Å². The van der Waals surface area contributed by atoms with Crippen LogP contribution < -0.4 is 5.32 Å². The van der Waals surface area contributed by atoms with E-state index in [2.05, 4.69) is 22.1 Å². The molecule has 0 heterocycles. The molecule has 0 unspecified atom stereocenters. The minimum atomic E-state index is -0.0765. The van der Waals surface area contributed by atoms with Gasteiger partial charge in [-0.15, -0.1) is 0 Å². The van der Waals surface area contributed by atoms with Crippen molar-refractivity contribution in [3.8, 4) is 0 Å². The second-order valence-electron chi connectivity index (χ2n) is 10.9. The van der Waals surface area contributed by atoms with Gasteiger partial charge >= 0.3 is 65.9 Å². The van der Waals surface area contributed by atoms with Crippen LogP contribution in [0.4, 0.5) is 0 Å². The fraction of sp³-hybridized carbons (Fsp3) is 0.576. The Morgan fingerprint density at radius 2 is 1.24 bits per heavy atom. The molecule has 211 valence electrons. The van der Waals surface area contributed by atoms with Crippen LogP contribution in [0.25, 0.3) is 0 Å². The number of carbonyl (C=O) groups excluding carboxylic acids is 1. The van der Waals surface area contributed by atoms with Gasteiger partial charge in [-0.25, -0.2) is 0 Å². The first kappa shape index (κ1) is 31.6. The first-order valence-corrected chi connectivity index (χ1v) is 19.7. The van der Waals surface area contributed by atoms with Gasteiger partial charge in [0.05, 0.1) is 0 Å². The summed E-state index contributed by atoms with van der Waals surface area (Å²) in [4.78, 5) is 10.9. The predicted octanol–water partition coefficient (Wildman–Crippen LogP) is 9.32. The molecule has 38 heavy (non-hydrogen) atoms. The van der Waals surface area contributed by atoms with Gasteiger partial charge in [0.25, 0.3) is 0 Å². The molecule has 0 aromatic heterocycles. The average Bonchev–Trinajstić information content (AvgIpc) is 2.98. The SMILES string of the molecule is C1CCC(P(C2CCCCC2)C2CCCCC2)CC1.CN/C=C1\C=CC=CC1=O.[Cl][Ru]=[CH]c1ccccc1. The number of nitrogens with one attached hydrogen (secondary N) is 1. The zero-order chi connectivity index (χ0) is 26.8. The maximum atomic E-state index is 10.9. The number of carbonyl (C=O) groups is 1. The predicted molar refractivity (Wildman–Crippen MR) is 165 cm³/mol. The van der Waals surface area contributed by atoms with Crippen LogP contribution in [0, 0.1) is 0 Å². The van der Waals surface area contributed by atoms with Crippen LogP contribution in [0.5, 0.6) is 0 Å². The molecule has 4 aliphatic rings. The zero-order valence-corrected chi connectivity index (χ0v) is 26.7. The van der Waals surface area contributed by atoms with Crippen molar-refractivity contribution in [1.29, 1.82) is 0 Å². The summed E-state index contributed by atoms with van der Waals surface area (Å²) in [5, 5.41) is 2.80. The van der Waals surface area contributed by atoms with Gasteiger partial charge < -0.3 is 5.32 Å². The second-order valence-corrected chi connectivity index (χ2v) is 15.8.